The van der Waals surface area contributed by atoms with E-state index in [1.165, 1.54) is 52.7 Å². The Kier molecular flexibility index (Phi) is 5.86. The van der Waals surface area contributed by atoms with Crippen molar-refractivity contribution in [3.63, 3.8) is 0 Å². The molecule has 0 aliphatic carbocycles. The van der Waals surface area contributed by atoms with Crippen LogP contribution in [-0.4, -0.2) is 26.6 Å². The van der Waals surface area contributed by atoms with Gasteiger partial charge in [-0.2, -0.15) is 5.10 Å². The van der Waals surface area contributed by atoms with Crippen LogP contribution in [0, 0.1) is 17.0 Å². The van der Waals surface area contributed by atoms with Gasteiger partial charge < -0.3 is 0 Å². The Hall–Kier alpha value is -4.18. The molecule has 0 bridgehead atoms. The number of amides is 1. The monoisotopic (exact) mass is 447 g/mol. The zero-order chi connectivity index (χ0) is 22.7. The summed E-state index contributed by atoms with van der Waals surface area (Å²) >= 11 is 1.44. The van der Waals surface area contributed by atoms with Crippen LogP contribution in [0.15, 0.2) is 70.8 Å². The van der Waals surface area contributed by atoms with Crippen molar-refractivity contribution in [2.24, 2.45) is 5.10 Å². The largest absolute Gasteiger partial charge is 0.289 e. The number of nitro benzene ring substituents is 1. The van der Waals surface area contributed by atoms with Crippen molar-refractivity contribution in [3.05, 3.63) is 91.8 Å². The van der Waals surface area contributed by atoms with E-state index in [-0.39, 0.29) is 17.8 Å². The number of aryl methyl sites for hydroxylation is 1. The third kappa shape index (κ3) is 4.30. The second-order valence-corrected chi connectivity index (χ2v) is 8.10. The zero-order valence-corrected chi connectivity index (χ0v) is 17.7. The maximum absolute atomic E-state index is 13.1. The summed E-state index contributed by atoms with van der Waals surface area (Å²) < 4.78 is 1.25. The summed E-state index contributed by atoms with van der Waals surface area (Å²) in [4.78, 5) is 41.6. The van der Waals surface area contributed by atoms with Crippen molar-refractivity contribution in [2.45, 2.75) is 13.5 Å². The highest BCUT2D eigenvalue weighted by Gasteiger charge is 2.17. The van der Waals surface area contributed by atoms with Crippen molar-refractivity contribution >= 4 is 39.4 Å². The Labute approximate surface area is 185 Å². The van der Waals surface area contributed by atoms with Gasteiger partial charge in [0.1, 0.15) is 11.4 Å². The van der Waals surface area contributed by atoms with Crippen molar-refractivity contribution < 1.29 is 9.72 Å². The fourth-order valence-corrected chi connectivity index (χ4v) is 4.26. The number of hydrazone groups is 1. The molecule has 1 N–H and O–H groups in total. The van der Waals surface area contributed by atoms with Crippen molar-refractivity contribution in [3.8, 4) is 11.1 Å². The van der Waals surface area contributed by atoms with Gasteiger partial charge in [-0.05, 0) is 30.2 Å². The standard InChI is InChI=1S/C22H17N5O4S/c1-14-19(16-5-3-2-4-6-16)20-21(32-14)23-13-26(22(20)29)12-18(28)25-24-11-15-7-9-17(10-8-15)27(30)31/h2-11,13H,12H2,1H3,(H,25,28)/b24-11-. The maximum Gasteiger partial charge on any atom is 0.269 e. The summed E-state index contributed by atoms with van der Waals surface area (Å²) in [5, 5.41) is 15.0. The van der Waals surface area contributed by atoms with Gasteiger partial charge in [0.25, 0.3) is 17.2 Å². The zero-order valence-electron chi connectivity index (χ0n) is 16.9. The SMILES string of the molecule is Cc1sc2ncn(CC(=O)N/N=C\c3ccc([N+](=O)[O-])cc3)c(=O)c2c1-c1ccccc1. The molecule has 0 aliphatic rings. The summed E-state index contributed by atoms with van der Waals surface area (Å²) in [6.45, 7) is 1.70. The molecule has 10 heteroatoms. The summed E-state index contributed by atoms with van der Waals surface area (Å²) in [5.41, 5.74) is 4.35. The van der Waals surface area contributed by atoms with Gasteiger partial charge >= 0.3 is 0 Å². The number of thiophene rings is 1. The molecule has 0 atom stereocenters. The van der Waals surface area contributed by atoms with Crippen molar-refractivity contribution in [1.82, 2.24) is 15.0 Å². The number of nitrogens with zero attached hydrogens (tertiary/aromatic N) is 4. The molecule has 2 heterocycles. The number of nitrogens with one attached hydrogen (secondary N) is 1. The maximum atomic E-state index is 13.1. The van der Waals surface area contributed by atoms with Crippen LogP contribution >= 0.6 is 11.3 Å². The van der Waals surface area contributed by atoms with E-state index in [1.807, 2.05) is 37.3 Å². The molecule has 0 aliphatic heterocycles. The van der Waals surface area contributed by atoms with Crippen LogP contribution in [0.3, 0.4) is 0 Å². The minimum atomic E-state index is -0.500. The number of rotatable bonds is 6. The van der Waals surface area contributed by atoms with Crippen LogP contribution in [0.2, 0.25) is 0 Å². The Morgan fingerprint density at radius 3 is 2.62 bits per heavy atom. The third-order valence-electron chi connectivity index (χ3n) is 4.74. The quantitative estimate of drug-likeness (QED) is 0.276. The highest BCUT2D eigenvalue weighted by atomic mass is 32.1. The van der Waals surface area contributed by atoms with Gasteiger partial charge in [0.2, 0.25) is 0 Å². The molecular formula is C22H17N5O4S. The Balaban J connectivity index is 1.53. The van der Waals surface area contributed by atoms with Gasteiger partial charge in [-0.15, -0.1) is 11.3 Å². The average Bonchev–Trinajstić information content (AvgIpc) is 3.13. The van der Waals surface area contributed by atoms with Gasteiger partial charge in [-0.25, -0.2) is 10.4 Å². The van der Waals surface area contributed by atoms with E-state index >= 15 is 0 Å². The number of hydrogen-bond acceptors (Lipinski definition) is 7. The van der Waals surface area contributed by atoms with E-state index in [0.29, 0.717) is 15.8 Å². The number of hydrogen-bond donors (Lipinski definition) is 1. The van der Waals surface area contributed by atoms with E-state index in [0.717, 1.165) is 16.0 Å². The molecule has 1 amide bonds. The first-order valence-corrected chi connectivity index (χ1v) is 10.4. The lowest BCUT2D eigenvalue weighted by Gasteiger charge is -2.06. The molecule has 0 spiro atoms. The van der Waals surface area contributed by atoms with Crippen LogP contribution in [0.5, 0.6) is 0 Å². The molecule has 0 unspecified atom stereocenters. The fraction of sp³-hybridized carbons (Fsp3) is 0.0909. The first-order chi connectivity index (χ1) is 15.4. The van der Waals surface area contributed by atoms with Gasteiger partial charge in [-0.3, -0.25) is 24.3 Å². The first-order valence-electron chi connectivity index (χ1n) is 9.54. The topological polar surface area (TPSA) is 119 Å². The predicted octanol–water partition coefficient (Wildman–Crippen LogP) is 3.49. The lowest BCUT2D eigenvalue weighted by Crippen LogP contribution is -2.30. The van der Waals surface area contributed by atoms with E-state index in [2.05, 4.69) is 15.5 Å². The number of carbonyl (C=O) groups excluding carboxylic acids is 1. The van der Waals surface area contributed by atoms with Crippen LogP contribution < -0.4 is 11.0 Å². The van der Waals surface area contributed by atoms with Crippen LogP contribution in [0.1, 0.15) is 10.4 Å². The Bertz CT molecular complexity index is 1390. The summed E-state index contributed by atoms with van der Waals surface area (Å²) in [6.07, 6.45) is 2.72. The van der Waals surface area contributed by atoms with Crippen molar-refractivity contribution in [1.29, 1.82) is 0 Å². The average molecular weight is 447 g/mol. The predicted molar refractivity (Wildman–Crippen MR) is 123 cm³/mol. The highest BCUT2D eigenvalue weighted by molar-refractivity contribution is 7.19. The van der Waals surface area contributed by atoms with Gasteiger partial charge in [-0.1, -0.05) is 30.3 Å². The summed E-state index contributed by atoms with van der Waals surface area (Å²) in [7, 11) is 0. The molecular weight excluding hydrogens is 430 g/mol. The second-order valence-electron chi connectivity index (χ2n) is 6.90. The molecule has 32 heavy (non-hydrogen) atoms. The first kappa shape index (κ1) is 21.1. The minimum absolute atomic E-state index is 0.0352. The highest BCUT2D eigenvalue weighted by Crippen LogP contribution is 2.35. The molecule has 0 saturated heterocycles. The van der Waals surface area contributed by atoms with Gasteiger partial charge in [0, 0.05) is 22.6 Å². The van der Waals surface area contributed by atoms with Crippen molar-refractivity contribution in [2.75, 3.05) is 0 Å². The van der Waals surface area contributed by atoms with E-state index in [4.69, 9.17) is 0 Å². The lowest BCUT2D eigenvalue weighted by atomic mass is 10.0. The number of benzene rings is 2. The van der Waals surface area contributed by atoms with Crippen LogP contribution in [0.4, 0.5) is 5.69 Å². The van der Waals surface area contributed by atoms with Crippen LogP contribution in [-0.2, 0) is 11.3 Å². The number of carbonyl (C=O) groups is 1. The molecule has 4 rings (SSSR count). The molecule has 0 radical (unpaired) electrons. The third-order valence-corrected chi connectivity index (χ3v) is 5.75. The number of fused-ring (bicyclic) bond motifs is 1. The minimum Gasteiger partial charge on any atom is -0.289 e. The molecule has 0 fully saturated rings. The molecule has 4 aromatic rings. The van der Waals surface area contributed by atoms with Gasteiger partial charge in [0.05, 0.1) is 22.9 Å². The Morgan fingerprint density at radius 1 is 1.22 bits per heavy atom. The molecule has 9 nitrogen and oxygen atoms in total. The smallest absolute Gasteiger partial charge is 0.269 e. The number of nitro groups is 1. The second kappa shape index (κ2) is 8.90. The van der Waals surface area contributed by atoms with Gasteiger partial charge in [0.15, 0.2) is 0 Å². The molecule has 0 saturated carbocycles. The van der Waals surface area contributed by atoms with E-state index in [9.17, 15) is 19.7 Å². The molecule has 2 aromatic carbocycles. The molecule has 160 valence electrons. The molecule has 2 aromatic heterocycles. The summed E-state index contributed by atoms with van der Waals surface area (Å²) in [6, 6.07) is 15.3. The summed E-state index contributed by atoms with van der Waals surface area (Å²) in [5.74, 6) is -0.500. The fourth-order valence-electron chi connectivity index (χ4n) is 3.25. The van der Waals surface area contributed by atoms with Crippen LogP contribution in [0.25, 0.3) is 21.3 Å². The van der Waals surface area contributed by atoms with E-state index in [1.54, 1.807) is 0 Å². The lowest BCUT2D eigenvalue weighted by molar-refractivity contribution is -0.384. The normalized spacial score (nSPS) is 11.2. The number of aromatic nitrogens is 2. The van der Waals surface area contributed by atoms with E-state index < -0.39 is 10.8 Å². The number of non-ortho nitro benzene ring substituents is 1. The Morgan fingerprint density at radius 2 is 1.94 bits per heavy atom.